The Balaban J connectivity index is 1.73. The van der Waals surface area contributed by atoms with E-state index in [0.29, 0.717) is 36.9 Å². The van der Waals surface area contributed by atoms with Gasteiger partial charge in [0.15, 0.2) is 0 Å². The van der Waals surface area contributed by atoms with Crippen molar-refractivity contribution in [2.45, 2.75) is 124 Å². The molecule has 0 aromatic rings. The SMILES string of the molecule is CCCCCCOC[C@@H]1[C@H](CC=CCCC(C)(C)C(=O)OC(CC)OC(=O)CC)[C@@H]2CC[C@H]1O2. The Kier molecular flexibility index (Phi) is 12.6. The average molecular weight is 481 g/mol. The monoisotopic (exact) mass is 480 g/mol. The van der Waals surface area contributed by atoms with E-state index in [1.54, 1.807) is 6.92 Å². The van der Waals surface area contributed by atoms with Gasteiger partial charge < -0.3 is 18.9 Å². The highest BCUT2D eigenvalue weighted by molar-refractivity contribution is 5.76. The molecule has 0 aromatic heterocycles. The van der Waals surface area contributed by atoms with Gasteiger partial charge in [-0.15, -0.1) is 0 Å². The third-order valence-electron chi connectivity index (χ3n) is 7.23. The predicted octanol–water partition coefficient (Wildman–Crippen LogP) is 6.36. The maximum absolute atomic E-state index is 12.6. The summed E-state index contributed by atoms with van der Waals surface area (Å²) in [6, 6.07) is 0. The second-order valence-electron chi connectivity index (χ2n) is 10.5. The molecule has 2 aliphatic heterocycles. The summed E-state index contributed by atoms with van der Waals surface area (Å²) in [7, 11) is 0. The molecule has 0 N–H and O–H groups in total. The first-order valence-electron chi connectivity index (χ1n) is 13.6. The topological polar surface area (TPSA) is 71.1 Å². The molecule has 34 heavy (non-hydrogen) atoms. The van der Waals surface area contributed by atoms with Crippen LogP contribution in [0.3, 0.4) is 0 Å². The summed E-state index contributed by atoms with van der Waals surface area (Å²) < 4.78 is 22.9. The van der Waals surface area contributed by atoms with Crippen LogP contribution in [0.1, 0.15) is 105 Å². The molecular weight excluding hydrogens is 432 g/mol. The largest absolute Gasteiger partial charge is 0.425 e. The summed E-state index contributed by atoms with van der Waals surface area (Å²) in [6.07, 6.45) is 14.8. The number of unbranched alkanes of at least 4 members (excludes halogenated alkanes) is 3. The van der Waals surface area contributed by atoms with Gasteiger partial charge in [-0.25, -0.2) is 0 Å². The molecule has 6 heteroatoms. The van der Waals surface area contributed by atoms with E-state index in [2.05, 4.69) is 19.1 Å². The van der Waals surface area contributed by atoms with Crippen molar-refractivity contribution in [1.82, 2.24) is 0 Å². The highest BCUT2D eigenvalue weighted by Gasteiger charge is 2.48. The molecule has 5 atom stereocenters. The second kappa shape index (κ2) is 14.9. The third-order valence-corrected chi connectivity index (χ3v) is 7.23. The fourth-order valence-electron chi connectivity index (χ4n) is 4.90. The number of rotatable bonds is 17. The molecule has 2 heterocycles. The van der Waals surface area contributed by atoms with E-state index in [1.807, 2.05) is 20.8 Å². The van der Waals surface area contributed by atoms with Crippen LogP contribution in [0, 0.1) is 17.3 Å². The Morgan fingerprint density at radius 3 is 2.41 bits per heavy atom. The van der Waals surface area contributed by atoms with Gasteiger partial charge in [0.05, 0.1) is 24.2 Å². The maximum atomic E-state index is 12.6. The average Bonchev–Trinajstić information content (AvgIpc) is 3.42. The van der Waals surface area contributed by atoms with Gasteiger partial charge in [-0.3, -0.25) is 9.59 Å². The highest BCUT2D eigenvalue weighted by atomic mass is 16.7. The van der Waals surface area contributed by atoms with Gasteiger partial charge in [0, 0.05) is 25.4 Å². The Morgan fingerprint density at radius 2 is 1.74 bits per heavy atom. The molecule has 2 fully saturated rings. The van der Waals surface area contributed by atoms with Crippen molar-refractivity contribution in [2.75, 3.05) is 13.2 Å². The van der Waals surface area contributed by atoms with Crippen molar-refractivity contribution in [3.8, 4) is 0 Å². The zero-order chi connectivity index (χ0) is 25.0. The molecular formula is C28H48O6. The maximum Gasteiger partial charge on any atom is 0.314 e. The van der Waals surface area contributed by atoms with Crippen molar-refractivity contribution in [3.63, 3.8) is 0 Å². The number of hydrogen-bond donors (Lipinski definition) is 0. The minimum Gasteiger partial charge on any atom is -0.425 e. The van der Waals surface area contributed by atoms with Crippen molar-refractivity contribution in [2.24, 2.45) is 17.3 Å². The number of fused-ring (bicyclic) bond motifs is 2. The summed E-state index contributed by atoms with van der Waals surface area (Å²) in [5.74, 6) is 0.347. The van der Waals surface area contributed by atoms with Crippen molar-refractivity contribution in [1.29, 1.82) is 0 Å². The predicted molar refractivity (Wildman–Crippen MR) is 133 cm³/mol. The van der Waals surface area contributed by atoms with Crippen LogP contribution in [0.4, 0.5) is 0 Å². The van der Waals surface area contributed by atoms with Crippen molar-refractivity contribution >= 4 is 11.9 Å². The molecule has 6 nitrogen and oxygen atoms in total. The van der Waals surface area contributed by atoms with E-state index in [0.717, 1.165) is 45.3 Å². The van der Waals surface area contributed by atoms with Gasteiger partial charge in [0.2, 0.25) is 6.29 Å². The Hall–Kier alpha value is -1.40. The van der Waals surface area contributed by atoms with Crippen molar-refractivity contribution < 1.29 is 28.5 Å². The fraction of sp³-hybridized carbons (Fsp3) is 0.857. The first-order chi connectivity index (χ1) is 16.3. The zero-order valence-electron chi connectivity index (χ0n) is 22.2. The van der Waals surface area contributed by atoms with E-state index in [-0.39, 0.29) is 18.4 Å². The van der Waals surface area contributed by atoms with Gasteiger partial charge in [-0.1, -0.05) is 52.2 Å². The lowest BCUT2D eigenvalue weighted by Crippen LogP contribution is -2.32. The van der Waals surface area contributed by atoms with Gasteiger partial charge >= 0.3 is 11.9 Å². The van der Waals surface area contributed by atoms with E-state index in [1.165, 1.54) is 19.3 Å². The number of carbonyl (C=O) groups is 2. The molecule has 0 spiro atoms. The smallest absolute Gasteiger partial charge is 0.314 e. The number of allylic oxidation sites excluding steroid dienone is 2. The van der Waals surface area contributed by atoms with Crippen LogP contribution in [0.5, 0.6) is 0 Å². The summed E-state index contributed by atoms with van der Waals surface area (Å²) in [4.78, 5) is 24.1. The molecule has 196 valence electrons. The minimum atomic E-state index is -0.807. The zero-order valence-corrected chi connectivity index (χ0v) is 22.2. The van der Waals surface area contributed by atoms with E-state index in [4.69, 9.17) is 18.9 Å². The van der Waals surface area contributed by atoms with Crippen LogP contribution < -0.4 is 0 Å². The summed E-state index contributed by atoms with van der Waals surface area (Å²) in [6.45, 7) is 11.2. The number of ether oxygens (including phenoxy) is 4. The minimum absolute atomic E-state index is 0.266. The molecule has 0 saturated carbocycles. The molecule has 2 bridgehead atoms. The van der Waals surface area contributed by atoms with Gasteiger partial charge in [0.25, 0.3) is 0 Å². The van der Waals surface area contributed by atoms with E-state index < -0.39 is 11.7 Å². The Labute approximate surface area is 207 Å². The van der Waals surface area contributed by atoms with Gasteiger partial charge in [0.1, 0.15) is 0 Å². The van der Waals surface area contributed by atoms with Crippen LogP contribution in [0.15, 0.2) is 12.2 Å². The quantitative estimate of drug-likeness (QED) is 0.104. The molecule has 1 unspecified atom stereocenters. The highest BCUT2D eigenvalue weighted by Crippen LogP contribution is 2.45. The Bertz CT molecular complexity index is 643. The van der Waals surface area contributed by atoms with Crippen LogP contribution in [0.2, 0.25) is 0 Å². The molecule has 0 radical (unpaired) electrons. The van der Waals surface area contributed by atoms with Gasteiger partial charge in [-0.05, 0) is 58.3 Å². The number of hydrogen-bond acceptors (Lipinski definition) is 6. The van der Waals surface area contributed by atoms with Crippen LogP contribution >= 0.6 is 0 Å². The molecule has 0 amide bonds. The lowest BCUT2D eigenvalue weighted by molar-refractivity contribution is -0.194. The molecule has 2 saturated heterocycles. The standard InChI is InChI=1S/C28H48O6/c1-6-9-10-14-19-31-20-22-21(23-16-17-24(22)32-23)15-12-11-13-18-28(4,5)27(30)34-26(8-3)33-25(29)7-2/h11-12,21-24,26H,6-10,13-20H2,1-5H3/t21-,22+,23-,24+,26?/m0/s1. The van der Waals surface area contributed by atoms with Crippen LogP contribution in [0.25, 0.3) is 0 Å². The number of esters is 2. The lowest BCUT2D eigenvalue weighted by atomic mass is 9.78. The third kappa shape index (κ3) is 8.99. The molecule has 2 rings (SSSR count). The van der Waals surface area contributed by atoms with E-state index in [9.17, 15) is 9.59 Å². The van der Waals surface area contributed by atoms with Crippen molar-refractivity contribution in [3.05, 3.63) is 12.2 Å². The first-order valence-corrected chi connectivity index (χ1v) is 13.6. The summed E-state index contributed by atoms with van der Waals surface area (Å²) in [5.41, 5.74) is -0.639. The fourth-order valence-corrected chi connectivity index (χ4v) is 4.90. The Morgan fingerprint density at radius 1 is 1.00 bits per heavy atom. The summed E-state index contributed by atoms with van der Waals surface area (Å²) in [5, 5.41) is 0. The normalized spacial score (nSPS) is 25.1. The first kappa shape index (κ1) is 28.8. The van der Waals surface area contributed by atoms with Crippen LogP contribution in [-0.4, -0.2) is 43.7 Å². The molecule has 2 aliphatic rings. The molecule has 0 aromatic carbocycles. The van der Waals surface area contributed by atoms with E-state index >= 15 is 0 Å². The van der Waals surface area contributed by atoms with Gasteiger partial charge in [-0.2, -0.15) is 0 Å². The summed E-state index contributed by atoms with van der Waals surface area (Å²) >= 11 is 0. The lowest BCUT2D eigenvalue weighted by Gasteiger charge is -2.27. The molecule has 0 aliphatic carbocycles. The number of carbonyl (C=O) groups excluding carboxylic acids is 2. The van der Waals surface area contributed by atoms with Crippen LogP contribution in [-0.2, 0) is 28.5 Å². The second-order valence-corrected chi connectivity index (χ2v) is 10.5.